The van der Waals surface area contributed by atoms with Crippen molar-refractivity contribution in [1.29, 1.82) is 0 Å². The summed E-state index contributed by atoms with van der Waals surface area (Å²) in [4.78, 5) is 10.1. The summed E-state index contributed by atoms with van der Waals surface area (Å²) in [5, 5.41) is 1.25. The first-order valence-corrected chi connectivity index (χ1v) is 6.70. The summed E-state index contributed by atoms with van der Waals surface area (Å²) in [5.74, 6) is 0.728. The number of rotatable bonds is 3. The predicted octanol–water partition coefficient (Wildman–Crippen LogP) is 1.73. The molecule has 0 atom stereocenters. The fraction of sp³-hybridized carbons (Fsp3) is 0.500. The SMILES string of the molecule is NCC1CCN(Cc2c[nH]c3ncccc23)CC1. The Kier molecular flexibility index (Phi) is 3.30. The first kappa shape index (κ1) is 11.7. The lowest BCUT2D eigenvalue weighted by Crippen LogP contribution is -2.35. The van der Waals surface area contributed by atoms with Crippen molar-refractivity contribution in [2.24, 2.45) is 11.7 Å². The molecule has 1 fully saturated rings. The van der Waals surface area contributed by atoms with Crippen LogP contribution in [0, 0.1) is 5.92 Å². The van der Waals surface area contributed by atoms with Crippen LogP contribution < -0.4 is 5.73 Å². The fourth-order valence-corrected chi connectivity index (χ4v) is 2.76. The molecule has 0 aromatic carbocycles. The van der Waals surface area contributed by atoms with Crippen LogP contribution >= 0.6 is 0 Å². The lowest BCUT2D eigenvalue weighted by molar-refractivity contribution is 0.181. The average molecular weight is 244 g/mol. The minimum Gasteiger partial charge on any atom is -0.346 e. The number of likely N-dealkylation sites (tertiary alicyclic amines) is 1. The molecule has 3 rings (SSSR count). The van der Waals surface area contributed by atoms with E-state index in [0.29, 0.717) is 0 Å². The van der Waals surface area contributed by atoms with Crippen molar-refractivity contribution in [1.82, 2.24) is 14.9 Å². The van der Waals surface area contributed by atoms with Gasteiger partial charge in [0.05, 0.1) is 0 Å². The number of nitrogens with two attached hydrogens (primary N) is 1. The number of fused-ring (bicyclic) bond motifs is 1. The Hall–Kier alpha value is -1.39. The molecule has 0 radical (unpaired) electrons. The number of piperidine rings is 1. The van der Waals surface area contributed by atoms with E-state index in [1.807, 2.05) is 12.3 Å². The van der Waals surface area contributed by atoms with E-state index in [-0.39, 0.29) is 0 Å². The van der Waals surface area contributed by atoms with Crippen molar-refractivity contribution in [3.63, 3.8) is 0 Å². The minimum atomic E-state index is 0.728. The zero-order valence-corrected chi connectivity index (χ0v) is 10.6. The van der Waals surface area contributed by atoms with Gasteiger partial charge in [0.25, 0.3) is 0 Å². The van der Waals surface area contributed by atoms with Crippen molar-refractivity contribution < 1.29 is 0 Å². The standard InChI is InChI=1S/C14H20N4/c15-8-11-3-6-18(7-4-11)10-12-9-17-14-13(12)2-1-5-16-14/h1-2,5,9,11H,3-4,6-8,10,15H2,(H,16,17). The Morgan fingerprint density at radius 1 is 1.39 bits per heavy atom. The van der Waals surface area contributed by atoms with Crippen molar-refractivity contribution in [2.75, 3.05) is 19.6 Å². The van der Waals surface area contributed by atoms with E-state index in [1.165, 1.54) is 23.8 Å². The summed E-state index contributed by atoms with van der Waals surface area (Å²) in [6.07, 6.45) is 6.39. The quantitative estimate of drug-likeness (QED) is 0.864. The molecule has 2 aromatic heterocycles. The van der Waals surface area contributed by atoms with Gasteiger partial charge in [0.2, 0.25) is 0 Å². The van der Waals surface area contributed by atoms with E-state index in [1.54, 1.807) is 0 Å². The Balaban J connectivity index is 1.70. The fourth-order valence-electron chi connectivity index (χ4n) is 2.76. The number of nitrogens with one attached hydrogen (secondary N) is 1. The maximum absolute atomic E-state index is 5.73. The molecule has 0 saturated carbocycles. The molecule has 0 unspecified atom stereocenters. The zero-order valence-electron chi connectivity index (χ0n) is 10.6. The number of hydrogen-bond acceptors (Lipinski definition) is 3. The topological polar surface area (TPSA) is 57.9 Å². The molecule has 0 amide bonds. The van der Waals surface area contributed by atoms with Crippen LogP contribution in [-0.4, -0.2) is 34.5 Å². The van der Waals surface area contributed by atoms with Crippen LogP contribution in [0.3, 0.4) is 0 Å². The second-order valence-electron chi connectivity index (χ2n) is 5.17. The average Bonchev–Trinajstić information content (AvgIpc) is 2.83. The number of H-pyrrole nitrogens is 1. The van der Waals surface area contributed by atoms with Gasteiger partial charge in [-0.2, -0.15) is 0 Å². The highest BCUT2D eigenvalue weighted by Gasteiger charge is 2.18. The summed E-state index contributed by atoms with van der Waals surface area (Å²) in [6, 6.07) is 4.14. The maximum Gasteiger partial charge on any atom is 0.137 e. The Morgan fingerprint density at radius 3 is 3.00 bits per heavy atom. The van der Waals surface area contributed by atoms with Gasteiger partial charge in [-0.3, -0.25) is 4.90 Å². The summed E-state index contributed by atoms with van der Waals surface area (Å²) >= 11 is 0. The molecule has 1 aliphatic heterocycles. The monoisotopic (exact) mass is 244 g/mol. The lowest BCUT2D eigenvalue weighted by Gasteiger charge is -2.31. The van der Waals surface area contributed by atoms with Crippen LogP contribution in [0.1, 0.15) is 18.4 Å². The normalized spacial score (nSPS) is 18.5. The molecule has 0 aliphatic carbocycles. The van der Waals surface area contributed by atoms with Gasteiger partial charge in [0.15, 0.2) is 0 Å². The highest BCUT2D eigenvalue weighted by atomic mass is 15.1. The summed E-state index contributed by atoms with van der Waals surface area (Å²) < 4.78 is 0. The molecule has 96 valence electrons. The molecule has 0 spiro atoms. The van der Waals surface area contributed by atoms with E-state index in [0.717, 1.165) is 37.7 Å². The molecule has 1 saturated heterocycles. The number of pyridine rings is 1. The molecule has 3 heterocycles. The first-order valence-electron chi connectivity index (χ1n) is 6.70. The van der Waals surface area contributed by atoms with Crippen LogP contribution in [0.4, 0.5) is 0 Å². The number of aromatic nitrogens is 2. The zero-order chi connectivity index (χ0) is 12.4. The second-order valence-corrected chi connectivity index (χ2v) is 5.17. The molecule has 4 nitrogen and oxygen atoms in total. The van der Waals surface area contributed by atoms with Crippen LogP contribution in [0.15, 0.2) is 24.5 Å². The van der Waals surface area contributed by atoms with Crippen LogP contribution in [-0.2, 0) is 6.54 Å². The molecule has 0 bridgehead atoms. The summed E-state index contributed by atoms with van der Waals surface area (Å²) in [7, 11) is 0. The number of aromatic amines is 1. The van der Waals surface area contributed by atoms with Gasteiger partial charge in [0.1, 0.15) is 5.65 Å². The number of hydrogen-bond donors (Lipinski definition) is 2. The Labute approximate surface area is 107 Å². The van der Waals surface area contributed by atoms with Gasteiger partial charge < -0.3 is 10.7 Å². The highest BCUT2D eigenvalue weighted by Crippen LogP contribution is 2.21. The van der Waals surface area contributed by atoms with Gasteiger partial charge in [-0.05, 0) is 56.1 Å². The Bertz CT molecular complexity index is 511. The van der Waals surface area contributed by atoms with E-state index < -0.39 is 0 Å². The molecule has 4 heteroatoms. The van der Waals surface area contributed by atoms with Crippen LogP contribution in [0.5, 0.6) is 0 Å². The summed E-state index contributed by atoms with van der Waals surface area (Å²) in [6.45, 7) is 4.18. The van der Waals surface area contributed by atoms with E-state index >= 15 is 0 Å². The van der Waals surface area contributed by atoms with Gasteiger partial charge in [-0.25, -0.2) is 4.98 Å². The van der Waals surface area contributed by atoms with E-state index in [4.69, 9.17) is 5.73 Å². The first-order chi connectivity index (χ1) is 8.86. The van der Waals surface area contributed by atoms with Gasteiger partial charge >= 0.3 is 0 Å². The molecular weight excluding hydrogens is 224 g/mol. The molecule has 3 N–H and O–H groups in total. The molecule has 2 aromatic rings. The summed E-state index contributed by atoms with van der Waals surface area (Å²) in [5.41, 5.74) is 8.07. The third kappa shape index (κ3) is 2.26. The van der Waals surface area contributed by atoms with Crippen LogP contribution in [0.2, 0.25) is 0 Å². The largest absolute Gasteiger partial charge is 0.346 e. The number of nitrogens with zero attached hydrogens (tertiary/aromatic N) is 2. The van der Waals surface area contributed by atoms with Gasteiger partial charge in [0, 0.05) is 24.3 Å². The van der Waals surface area contributed by atoms with Crippen LogP contribution in [0.25, 0.3) is 11.0 Å². The second kappa shape index (κ2) is 5.08. The van der Waals surface area contributed by atoms with Gasteiger partial charge in [-0.1, -0.05) is 0 Å². The third-order valence-corrected chi connectivity index (χ3v) is 3.97. The smallest absolute Gasteiger partial charge is 0.137 e. The predicted molar refractivity (Wildman–Crippen MR) is 73.1 cm³/mol. The highest BCUT2D eigenvalue weighted by molar-refractivity contribution is 5.79. The Morgan fingerprint density at radius 2 is 2.22 bits per heavy atom. The van der Waals surface area contributed by atoms with Crippen molar-refractivity contribution in [2.45, 2.75) is 19.4 Å². The van der Waals surface area contributed by atoms with Crippen molar-refractivity contribution in [3.8, 4) is 0 Å². The van der Waals surface area contributed by atoms with Crippen molar-refractivity contribution >= 4 is 11.0 Å². The van der Waals surface area contributed by atoms with E-state index in [2.05, 4.69) is 27.1 Å². The molecular formula is C14H20N4. The van der Waals surface area contributed by atoms with Crippen molar-refractivity contribution in [3.05, 3.63) is 30.1 Å². The maximum atomic E-state index is 5.73. The lowest BCUT2D eigenvalue weighted by atomic mass is 9.97. The van der Waals surface area contributed by atoms with Gasteiger partial charge in [-0.15, -0.1) is 0 Å². The molecule has 18 heavy (non-hydrogen) atoms. The minimum absolute atomic E-state index is 0.728. The van der Waals surface area contributed by atoms with E-state index in [9.17, 15) is 0 Å². The third-order valence-electron chi connectivity index (χ3n) is 3.97. The molecule has 1 aliphatic rings.